The fourth-order valence-corrected chi connectivity index (χ4v) is 2.28. The maximum Gasteiger partial charge on any atom is 0.313 e. The lowest BCUT2D eigenvalue weighted by Crippen LogP contribution is -2.40. The number of hydrogen-bond donors (Lipinski definition) is 1. The Morgan fingerprint density at radius 2 is 1.75 bits per heavy atom. The number of nitriles is 1. The van der Waals surface area contributed by atoms with E-state index in [-0.39, 0.29) is 0 Å². The van der Waals surface area contributed by atoms with Gasteiger partial charge in [-0.3, -0.25) is 9.59 Å². The van der Waals surface area contributed by atoms with Crippen LogP contribution in [0, 0.1) is 11.3 Å². The SMILES string of the molecule is N#Cc1ccccc1NC(=O)C(=O)N1CCCCCC1. The zero-order valence-electron chi connectivity index (χ0n) is 11.3. The Kier molecular flexibility index (Phi) is 4.72. The highest BCUT2D eigenvalue weighted by Gasteiger charge is 2.23. The van der Waals surface area contributed by atoms with Crippen LogP contribution in [-0.2, 0) is 9.59 Å². The first-order chi connectivity index (χ1) is 9.72. The van der Waals surface area contributed by atoms with E-state index in [4.69, 9.17) is 5.26 Å². The summed E-state index contributed by atoms with van der Waals surface area (Å²) in [6.07, 6.45) is 4.08. The highest BCUT2D eigenvalue weighted by atomic mass is 16.2. The van der Waals surface area contributed by atoms with Crippen LogP contribution in [0.15, 0.2) is 24.3 Å². The van der Waals surface area contributed by atoms with Crippen LogP contribution in [0.25, 0.3) is 0 Å². The van der Waals surface area contributed by atoms with Crippen molar-refractivity contribution in [1.82, 2.24) is 4.90 Å². The second-order valence-electron chi connectivity index (χ2n) is 4.82. The van der Waals surface area contributed by atoms with Crippen molar-refractivity contribution in [2.45, 2.75) is 25.7 Å². The van der Waals surface area contributed by atoms with E-state index < -0.39 is 11.8 Å². The molecule has 0 atom stereocenters. The molecule has 20 heavy (non-hydrogen) atoms. The van der Waals surface area contributed by atoms with Crippen molar-refractivity contribution in [2.24, 2.45) is 0 Å². The van der Waals surface area contributed by atoms with Gasteiger partial charge in [0.05, 0.1) is 11.3 Å². The first-order valence-corrected chi connectivity index (χ1v) is 6.82. The molecule has 0 unspecified atom stereocenters. The van der Waals surface area contributed by atoms with Gasteiger partial charge in [-0.25, -0.2) is 0 Å². The van der Waals surface area contributed by atoms with Gasteiger partial charge >= 0.3 is 11.8 Å². The van der Waals surface area contributed by atoms with Gasteiger partial charge in [0.1, 0.15) is 6.07 Å². The lowest BCUT2D eigenvalue weighted by atomic mass is 10.2. The predicted octanol–water partition coefficient (Wildman–Crippen LogP) is 1.90. The van der Waals surface area contributed by atoms with Crippen molar-refractivity contribution in [3.05, 3.63) is 29.8 Å². The number of nitrogens with zero attached hydrogens (tertiary/aromatic N) is 2. The number of anilines is 1. The van der Waals surface area contributed by atoms with Crippen molar-refractivity contribution in [3.63, 3.8) is 0 Å². The zero-order valence-corrected chi connectivity index (χ0v) is 11.3. The Morgan fingerprint density at radius 3 is 2.40 bits per heavy atom. The van der Waals surface area contributed by atoms with Gasteiger partial charge in [-0.05, 0) is 25.0 Å². The molecule has 1 fully saturated rings. The Morgan fingerprint density at radius 1 is 1.10 bits per heavy atom. The van der Waals surface area contributed by atoms with Gasteiger partial charge < -0.3 is 10.2 Å². The van der Waals surface area contributed by atoms with Crippen molar-refractivity contribution in [2.75, 3.05) is 18.4 Å². The third-order valence-corrected chi connectivity index (χ3v) is 3.38. The highest BCUT2D eigenvalue weighted by Crippen LogP contribution is 2.14. The predicted molar refractivity (Wildman–Crippen MR) is 74.8 cm³/mol. The zero-order chi connectivity index (χ0) is 14.4. The number of hydrogen-bond acceptors (Lipinski definition) is 3. The summed E-state index contributed by atoms with van der Waals surface area (Å²) in [6.45, 7) is 1.26. The molecule has 0 bridgehead atoms. The Balaban J connectivity index is 2.04. The number of carbonyl (C=O) groups is 2. The summed E-state index contributed by atoms with van der Waals surface area (Å²) in [5, 5.41) is 11.5. The van der Waals surface area contributed by atoms with Crippen LogP contribution in [0.3, 0.4) is 0 Å². The van der Waals surface area contributed by atoms with E-state index in [9.17, 15) is 9.59 Å². The van der Waals surface area contributed by atoms with Crippen LogP contribution in [0.4, 0.5) is 5.69 Å². The Bertz CT molecular complexity index is 540. The molecule has 0 aliphatic carbocycles. The first-order valence-electron chi connectivity index (χ1n) is 6.82. The van der Waals surface area contributed by atoms with Crippen LogP contribution in [-0.4, -0.2) is 29.8 Å². The van der Waals surface area contributed by atoms with Gasteiger partial charge in [-0.15, -0.1) is 0 Å². The summed E-state index contributed by atoms with van der Waals surface area (Å²) in [6, 6.07) is 8.64. The average molecular weight is 271 g/mol. The van der Waals surface area contributed by atoms with Crippen molar-refractivity contribution < 1.29 is 9.59 Å². The van der Waals surface area contributed by atoms with Crippen LogP contribution >= 0.6 is 0 Å². The third kappa shape index (κ3) is 3.35. The largest absolute Gasteiger partial charge is 0.334 e. The highest BCUT2D eigenvalue weighted by molar-refractivity contribution is 6.39. The third-order valence-electron chi connectivity index (χ3n) is 3.38. The minimum absolute atomic E-state index is 0.351. The molecule has 2 rings (SSSR count). The molecule has 2 amide bonds. The lowest BCUT2D eigenvalue weighted by Gasteiger charge is -2.19. The molecule has 104 valence electrons. The maximum absolute atomic E-state index is 12.1. The van der Waals surface area contributed by atoms with Gasteiger partial charge in [0, 0.05) is 13.1 Å². The number of nitrogens with one attached hydrogen (secondary N) is 1. The van der Waals surface area contributed by atoms with Gasteiger partial charge in [0.2, 0.25) is 0 Å². The average Bonchev–Trinajstić information content (AvgIpc) is 2.76. The molecule has 1 aromatic rings. The number of rotatable bonds is 1. The summed E-state index contributed by atoms with van der Waals surface area (Å²) in [7, 11) is 0. The molecule has 5 nitrogen and oxygen atoms in total. The molecular weight excluding hydrogens is 254 g/mol. The number of amides is 2. The van der Waals surface area contributed by atoms with Crippen LogP contribution < -0.4 is 5.32 Å². The van der Waals surface area contributed by atoms with E-state index in [1.165, 1.54) is 0 Å². The van der Waals surface area contributed by atoms with Gasteiger partial charge in [-0.2, -0.15) is 5.26 Å². The number of carbonyl (C=O) groups excluding carboxylic acids is 2. The molecule has 1 N–H and O–H groups in total. The van der Waals surface area contributed by atoms with Gasteiger partial charge in [0.25, 0.3) is 0 Å². The fourth-order valence-electron chi connectivity index (χ4n) is 2.28. The topological polar surface area (TPSA) is 73.2 Å². The summed E-state index contributed by atoms with van der Waals surface area (Å²) in [5.41, 5.74) is 0.729. The quantitative estimate of drug-likeness (QED) is 0.793. The van der Waals surface area contributed by atoms with E-state index in [0.717, 1.165) is 25.7 Å². The van der Waals surface area contributed by atoms with E-state index in [1.54, 1.807) is 29.2 Å². The Labute approximate surface area is 118 Å². The summed E-state index contributed by atoms with van der Waals surface area (Å²) < 4.78 is 0. The van der Waals surface area contributed by atoms with Crippen molar-refractivity contribution in [1.29, 1.82) is 5.26 Å². The molecule has 0 aromatic heterocycles. The van der Waals surface area contributed by atoms with Crippen LogP contribution in [0.2, 0.25) is 0 Å². The van der Waals surface area contributed by atoms with E-state index in [0.29, 0.717) is 24.3 Å². The molecule has 0 radical (unpaired) electrons. The molecule has 0 spiro atoms. The first kappa shape index (κ1) is 14.1. The molecule has 1 heterocycles. The molecular formula is C15H17N3O2. The lowest BCUT2D eigenvalue weighted by molar-refractivity contribution is -0.143. The van der Waals surface area contributed by atoms with Gasteiger partial charge in [0.15, 0.2) is 0 Å². The van der Waals surface area contributed by atoms with E-state index >= 15 is 0 Å². The molecule has 5 heteroatoms. The van der Waals surface area contributed by atoms with E-state index in [2.05, 4.69) is 5.32 Å². The monoisotopic (exact) mass is 271 g/mol. The van der Waals surface area contributed by atoms with Gasteiger partial charge in [-0.1, -0.05) is 25.0 Å². The summed E-state index contributed by atoms with van der Waals surface area (Å²) in [4.78, 5) is 25.7. The van der Waals surface area contributed by atoms with E-state index in [1.807, 2.05) is 6.07 Å². The summed E-state index contributed by atoms with van der Waals surface area (Å²) >= 11 is 0. The normalized spacial score (nSPS) is 15.1. The maximum atomic E-state index is 12.1. The molecule has 0 saturated carbocycles. The molecule has 1 aromatic carbocycles. The minimum Gasteiger partial charge on any atom is -0.334 e. The Hall–Kier alpha value is -2.35. The smallest absolute Gasteiger partial charge is 0.313 e. The van der Waals surface area contributed by atoms with Crippen molar-refractivity contribution in [3.8, 4) is 6.07 Å². The molecule has 1 aliphatic rings. The van der Waals surface area contributed by atoms with Crippen molar-refractivity contribution >= 4 is 17.5 Å². The second kappa shape index (κ2) is 6.71. The number of benzene rings is 1. The van der Waals surface area contributed by atoms with Crippen LogP contribution in [0.5, 0.6) is 0 Å². The number of likely N-dealkylation sites (tertiary alicyclic amines) is 1. The minimum atomic E-state index is -0.672. The number of para-hydroxylation sites is 1. The standard InChI is InChI=1S/C15H17N3O2/c16-11-12-7-3-4-8-13(12)17-14(19)15(20)18-9-5-1-2-6-10-18/h3-4,7-8H,1-2,5-6,9-10H2,(H,17,19). The van der Waals surface area contributed by atoms with Crippen LogP contribution in [0.1, 0.15) is 31.2 Å². The second-order valence-corrected chi connectivity index (χ2v) is 4.82. The molecule has 1 saturated heterocycles. The summed E-state index contributed by atoms with van der Waals surface area (Å²) in [5.74, 6) is -1.19. The fraction of sp³-hybridized carbons (Fsp3) is 0.400. The molecule has 1 aliphatic heterocycles.